The van der Waals surface area contributed by atoms with Crippen LogP contribution in [-0.2, 0) is 16.0 Å². The maximum absolute atomic E-state index is 11.5. The van der Waals surface area contributed by atoms with Gasteiger partial charge in [-0.2, -0.15) is 0 Å². The zero-order chi connectivity index (χ0) is 15.0. The van der Waals surface area contributed by atoms with Crippen LogP contribution >= 0.6 is 0 Å². The van der Waals surface area contributed by atoms with E-state index in [-0.39, 0.29) is 12.0 Å². The lowest BCUT2D eigenvalue weighted by Crippen LogP contribution is -2.25. The molecular weight excluding hydrogens is 250 g/mol. The van der Waals surface area contributed by atoms with E-state index in [1.54, 1.807) is 0 Å². The highest BCUT2D eigenvalue weighted by Gasteiger charge is 2.15. The Morgan fingerprint density at radius 2 is 1.90 bits per heavy atom. The average molecular weight is 277 g/mol. The summed E-state index contributed by atoms with van der Waals surface area (Å²) < 4.78 is 4.78. The quantitative estimate of drug-likeness (QED) is 0.739. The molecule has 0 fully saturated rings. The molecule has 0 bridgehead atoms. The van der Waals surface area contributed by atoms with Gasteiger partial charge in [-0.3, -0.25) is 4.79 Å². The van der Waals surface area contributed by atoms with Crippen molar-refractivity contribution >= 4 is 5.97 Å². The Balaban J connectivity index is 2.76. The lowest BCUT2D eigenvalue weighted by Gasteiger charge is -2.18. The number of rotatable bonds is 8. The van der Waals surface area contributed by atoms with Gasteiger partial charge in [0.25, 0.3) is 0 Å². The van der Waals surface area contributed by atoms with Gasteiger partial charge >= 0.3 is 5.97 Å². The maximum Gasteiger partial charge on any atom is 0.307 e. The highest BCUT2D eigenvalue weighted by Crippen LogP contribution is 2.19. The summed E-state index contributed by atoms with van der Waals surface area (Å²) in [6, 6.07) is 8.60. The monoisotopic (exact) mass is 277 g/mol. The summed E-state index contributed by atoms with van der Waals surface area (Å²) in [4.78, 5) is 11.5. The van der Waals surface area contributed by atoms with Crippen LogP contribution in [0.3, 0.4) is 0 Å². The predicted molar refractivity (Wildman–Crippen MR) is 82.7 cm³/mol. The van der Waals surface area contributed by atoms with Crippen molar-refractivity contribution in [3.05, 3.63) is 35.4 Å². The number of ether oxygens (including phenoxy) is 1. The van der Waals surface area contributed by atoms with E-state index >= 15 is 0 Å². The van der Waals surface area contributed by atoms with Crippen LogP contribution in [0.15, 0.2) is 24.3 Å². The van der Waals surface area contributed by atoms with Gasteiger partial charge in [0.1, 0.15) is 0 Å². The SMILES string of the molecule is CCCNC(CC(=O)OC)c1ccc(CC(C)C)cc1. The van der Waals surface area contributed by atoms with E-state index in [2.05, 4.69) is 50.4 Å². The second kappa shape index (κ2) is 8.75. The predicted octanol–water partition coefficient (Wildman–Crippen LogP) is 3.49. The lowest BCUT2D eigenvalue weighted by molar-refractivity contribution is -0.141. The van der Waals surface area contributed by atoms with Crippen LogP contribution in [0, 0.1) is 5.92 Å². The standard InChI is InChI=1S/C17H27NO2/c1-5-10-18-16(12-17(19)20-4)15-8-6-14(7-9-15)11-13(2)3/h6-9,13,16,18H,5,10-12H2,1-4H3. The van der Waals surface area contributed by atoms with Crippen molar-refractivity contribution in [1.29, 1.82) is 0 Å². The number of carbonyl (C=O) groups is 1. The number of nitrogens with one attached hydrogen (secondary N) is 1. The van der Waals surface area contributed by atoms with E-state index in [0.29, 0.717) is 12.3 Å². The summed E-state index contributed by atoms with van der Waals surface area (Å²) in [5, 5.41) is 3.41. The Morgan fingerprint density at radius 1 is 1.25 bits per heavy atom. The largest absolute Gasteiger partial charge is 0.469 e. The van der Waals surface area contributed by atoms with Crippen molar-refractivity contribution in [2.45, 2.75) is 46.1 Å². The fourth-order valence-corrected chi connectivity index (χ4v) is 2.23. The number of esters is 1. The molecule has 20 heavy (non-hydrogen) atoms. The molecule has 0 amide bonds. The van der Waals surface area contributed by atoms with Gasteiger partial charge in [0.15, 0.2) is 0 Å². The molecule has 0 spiro atoms. The number of carbonyl (C=O) groups excluding carboxylic acids is 1. The molecule has 1 aromatic carbocycles. The van der Waals surface area contributed by atoms with Crippen LogP contribution in [0.25, 0.3) is 0 Å². The lowest BCUT2D eigenvalue weighted by atomic mass is 9.98. The molecule has 0 aliphatic rings. The van der Waals surface area contributed by atoms with Crippen LogP contribution in [0.5, 0.6) is 0 Å². The number of benzene rings is 1. The molecule has 0 radical (unpaired) electrons. The topological polar surface area (TPSA) is 38.3 Å². The fraction of sp³-hybridized carbons (Fsp3) is 0.588. The van der Waals surface area contributed by atoms with Gasteiger partial charge in [-0.15, -0.1) is 0 Å². The van der Waals surface area contributed by atoms with Gasteiger partial charge in [0.05, 0.1) is 13.5 Å². The number of methoxy groups -OCH3 is 1. The third-order valence-corrected chi connectivity index (χ3v) is 3.27. The van der Waals surface area contributed by atoms with Gasteiger partial charge in [0, 0.05) is 6.04 Å². The Hall–Kier alpha value is -1.35. The van der Waals surface area contributed by atoms with Gasteiger partial charge in [-0.05, 0) is 36.4 Å². The molecule has 0 aliphatic heterocycles. The Labute approximate surface area is 122 Å². The molecule has 1 N–H and O–H groups in total. The van der Waals surface area contributed by atoms with Crippen molar-refractivity contribution in [3.63, 3.8) is 0 Å². The third kappa shape index (κ3) is 5.74. The second-order valence-corrected chi connectivity index (χ2v) is 5.63. The molecular formula is C17H27NO2. The molecule has 1 atom stereocenters. The first-order valence-electron chi connectivity index (χ1n) is 7.45. The fourth-order valence-electron chi connectivity index (χ4n) is 2.23. The van der Waals surface area contributed by atoms with E-state index in [0.717, 1.165) is 24.9 Å². The molecule has 1 rings (SSSR count). The van der Waals surface area contributed by atoms with Crippen molar-refractivity contribution in [2.75, 3.05) is 13.7 Å². The first-order chi connectivity index (χ1) is 9.56. The van der Waals surface area contributed by atoms with E-state index in [1.165, 1.54) is 12.7 Å². The maximum atomic E-state index is 11.5. The smallest absolute Gasteiger partial charge is 0.307 e. The van der Waals surface area contributed by atoms with Gasteiger partial charge in [0.2, 0.25) is 0 Å². The minimum Gasteiger partial charge on any atom is -0.469 e. The van der Waals surface area contributed by atoms with E-state index in [9.17, 15) is 4.79 Å². The normalized spacial score (nSPS) is 12.4. The summed E-state index contributed by atoms with van der Waals surface area (Å²) in [7, 11) is 1.44. The molecule has 0 saturated heterocycles. The first kappa shape index (κ1) is 16.7. The first-order valence-corrected chi connectivity index (χ1v) is 7.45. The van der Waals surface area contributed by atoms with Gasteiger partial charge in [-0.1, -0.05) is 45.0 Å². The molecule has 0 saturated carbocycles. The highest BCUT2D eigenvalue weighted by atomic mass is 16.5. The summed E-state index contributed by atoms with van der Waals surface area (Å²) in [6.07, 6.45) is 2.51. The van der Waals surface area contributed by atoms with Crippen LogP contribution in [0.1, 0.15) is 50.8 Å². The second-order valence-electron chi connectivity index (χ2n) is 5.63. The van der Waals surface area contributed by atoms with E-state index < -0.39 is 0 Å². The third-order valence-electron chi connectivity index (χ3n) is 3.27. The number of hydrogen-bond donors (Lipinski definition) is 1. The van der Waals surface area contributed by atoms with Crippen LogP contribution in [-0.4, -0.2) is 19.6 Å². The van der Waals surface area contributed by atoms with Crippen molar-refractivity contribution < 1.29 is 9.53 Å². The summed E-state index contributed by atoms with van der Waals surface area (Å²) in [5.41, 5.74) is 2.49. The van der Waals surface area contributed by atoms with Crippen molar-refractivity contribution in [2.24, 2.45) is 5.92 Å². The molecule has 3 nitrogen and oxygen atoms in total. The minimum atomic E-state index is -0.176. The Kier molecular flexibility index (Phi) is 7.31. The summed E-state index contributed by atoms with van der Waals surface area (Å²) in [5.74, 6) is 0.481. The van der Waals surface area contributed by atoms with Gasteiger partial charge in [-0.25, -0.2) is 0 Å². The molecule has 3 heteroatoms. The highest BCUT2D eigenvalue weighted by molar-refractivity contribution is 5.70. The molecule has 0 heterocycles. The molecule has 112 valence electrons. The molecule has 0 aliphatic carbocycles. The van der Waals surface area contributed by atoms with Crippen LogP contribution < -0.4 is 5.32 Å². The average Bonchev–Trinajstić information content (AvgIpc) is 2.43. The minimum absolute atomic E-state index is 0.0375. The Bertz CT molecular complexity index is 398. The number of hydrogen-bond acceptors (Lipinski definition) is 3. The zero-order valence-electron chi connectivity index (χ0n) is 13.1. The van der Waals surface area contributed by atoms with Crippen LogP contribution in [0.2, 0.25) is 0 Å². The molecule has 1 unspecified atom stereocenters. The molecule has 0 aromatic heterocycles. The van der Waals surface area contributed by atoms with Crippen molar-refractivity contribution in [1.82, 2.24) is 5.32 Å². The van der Waals surface area contributed by atoms with Crippen LogP contribution in [0.4, 0.5) is 0 Å². The molecule has 1 aromatic rings. The van der Waals surface area contributed by atoms with E-state index in [4.69, 9.17) is 4.74 Å². The Morgan fingerprint density at radius 3 is 2.40 bits per heavy atom. The van der Waals surface area contributed by atoms with Gasteiger partial charge < -0.3 is 10.1 Å². The summed E-state index contributed by atoms with van der Waals surface area (Å²) >= 11 is 0. The van der Waals surface area contributed by atoms with Crippen molar-refractivity contribution in [3.8, 4) is 0 Å². The van der Waals surface area contributed by atoms with E-state index in [1.807, 2.05) is 0 Å². The zero-order valence-corrected chi connectivity index (χ0v) is 13.1. The summed E-state index contributed by atoms with van der Waals surface area (Å²) in [6.45, 7) is 7.46.